The molecule has 94 valence electrons. The van der Waals surface area contributed by atoms with Gasteiger partial charge < -0.3 is 15.1 Å². The molecule has 0 bridgehead atoms. The molecule has 0 aliphatic carbocycles. The molecule has 16 heavy (non-hydrogen) atoms. The Bertz CT molecular complexity index is 212. The summed E-state index contributed by atoms with van der Waals surface area (Å²) in [5.74, 6) is 0.291. The van der Waals surface area contributed by atoms with Gasteiger partial charge in [0.05, 0.1) is 6.04 Å². The van der Waals surface area contributed by atoms with Crippen LogP contribution in [0.2, 0.25) is 0 Å². The topological polar surface area (TPSA) is 35.6 Å². The smallest absolute Gasteiger partial charge is 0.239 e. The molecule has 1 aliphatic heterocycles. The summed E-state index contributed by atoms with van der Waals surface area (Å²) in [6.45, 7) is 5.80. The van der Waals surface area contributed by atoms with Gasteiger partial charge in [0.25, 0.3) is 0 Å². The van der Waals surface area contributed by atoms with Gasteiger partial charge in [0, 0.05) is 13.1 Å². The van der Waals surface area contributed by atoms with Gasteiger partial charge in [-0.2, -0.15) is 0 Å². The molecule has 1 amide bonds. The van der Waals surface area contributed by atoms with Crippen molar-refractivity contribution in [3.63, 3.8) is 0 Å². The third kappa shape index (κ3) is 4.10. The Kier molecular flexibility index (Phi) is 5.77. The summed E-state index contributed by atoms with van der Waals surface area (Å²) in [6.07, 6.45) is 3.19. The number of rotatable bonds is 6. The molecular weight excluding hydrogens is 202 g/mol. The molecule has 0 aromatic carbocycles. The summed E-state index contributed by atoms with van der Waals surface area (Å²) >= 11 is 0. The van der Waals surface area contributed by atoms with Crippen LogP contribution in [0.15, 0.2) is 0 Å². The Balaban J connectivity index is 2.31. The fraction of sp³-hybridized carbons (Fsp3) is 0.917. The minimum atomic E-state index is 0.0827. The standard InChI is InChI=1S/C12H25N3O/c1-4-15(10-6-9-14(2)3)12(16)11-7-5-8-13-11/h11,13H,4-10H2,1-3H3/t11-/m0/s1. The fourth-order valence-corrected chi connectivity index (χ4v) is 2.12. The highest BCUT2D eigenvalue weighted by Gasteiger charge is 2.25. The van der Waals surface area contributed by atoms with Gasteiger partial charge in [-0.05, 0) is 53.4 Å². The molecule has 0 unspecified atom stereocenters. The maximum absolute atomic E-state index is 12.1. The largest absolute Gasteiger partial charge is 0.342 e. The second kappa shape index (κ2) is 6.86. The van der Waals surface area contributed by atoms with E-state index in [9.17, 15) is 4.79 Å². The number of amides is 1. The van der Waals surface area contributed by atoms with Crippen molar-refractivity contribution in [1.29, 1.82) is 0 Å². The minimum Gasteiger partial charge on any atom is -0.342 e. The van der Waals surface area contributed by atoms with E-state index in [2.05, 4.69) is 31.2 Å². The van der Waals surface area contributed by atoms with Gasteiger partial charge in [-0.3, -0.25) is 4.79 Å². The molecule has 1 atom stereocenters. The zero-order valence-corrected chi connectivity index (χ0v) is 10.8. The summed E-state index contributed by atoms with van der Waals surface area (Å²) in [6, 6.07) is 0.0827. The van der Waals surface area contributed by atoms with Gasteiger partial charge in [0.1, 0.15) is 0 Å². The Labute approximate surface area is 99.0 Å². The first-order valence-electron chi connectivity index (χ1n) is 6.32. The number of nitrogens with zero attached hydrogens (tertiary/aromatic N) is 2. The molecule has 0 aromatic heterocycles. The molecule has 1 N–H and O–H groups in total. The lowest BCUT2D eigenvalue weighted by Crippen LogP contribution is -2.44. The first-order valence-corrected chi connectivity index (χ1v) is 6.32. The van der Waals surface area contributed by atoms with E-state index >= 15 is 0 Å². The van der Waals surface area contributed by atoms with Crippen LogP contribution in [0.25, 0.3) is 0 Å². The van der Waals surface area contributed by atoms with Crippen molar-refractivity contribution in [2.75, 3.05) is 40.3 Å². The lowest BCUT2D eigenvalue weighted by Gasteiger charge is -2.24. The van der Waals surface area contributed by atoms with E-state index in [0.717, 1.165) is 45.4 Å². The Morgan fingerprint density at radius 3 is 2.62 bits per heavy atom. The van der Waals surface area contributed by atoms with Crippen LogP contribution in [0.4, 0.5) is 0 Å². The number of nitrogens with one attached hydrogen (secondary N) is 1. The second-order valence-electron chi connectivity index (χ2n) is 4.72. The molecule has 4 nitrogen and oxygen atoms in total. The van der Waals surface area contributed by atoms with E-state index in [1.165, 1.54) is 0 Å². The monoisotopic (exact) mass is 227 g/mol. The predicted molar refractivity (Wildman–Crippen MR) is 66.4 cm³/mol. The summed E-state index contributed by atoms with van der Waals surface area (Å²) in [5.41, 5.74) is 0. The zero-order chi connectivity index (χ0) is 12.0. The molecular formula is C12H25N3O. The molecule has 4 heteroatoms. The third-order valence-corrected chi connectivity index (χ3v) is 3.09. The van der Waals surface area contributed by atoms with Crippen molar-refractivity contribution in [1.82, 2.24) is 15.1 Å². The number of hydrogen-bond acceptors (Lipinski definition) is 3. The van der Waals surface area contributed by atoms with Crippen molar-refractivity contribution in [2.45, 2.75) is 32.2 Å². The lowest BCUT2D eigenvalue weighted by atomic mass is 10.2. The first kappa shape index (κ1) is 13.5. The van der Waals surface area contributed by atoms with Crippen LogP contribution in [-0.4, -0.2) is 62.0 Å². The van der Waals surface area contributed by atoms with Gasteiger partial charge in [-0.15, -0.1) is 0 Å². The summed E-state index contributed by atoms with van der Waals surface area (Å²) < 4.78 is 0. The highest BCUT2D eigenvalue weighted by atomic mass is 16.2. The molecule has 0 radical (unpaired) electrons. The summed E-state index contributed by atoms with van der Waals surface area (Å²) in [4.78, 5) is 16.2. The molecule has 1 aliphatic rings. The maximum atomic E-state index is 12.1. The summed E-state index contributed by atoms with van der Waals surface area (Å²) in [7, 11) is 4.13. The van der Waals surface area contributed by atoms with E-state index in [-0.39, 0.29) is 6.04 Å². The van der Waals surface area contributed by atoms with Crippen LogP contribution in [0.1, 0.15) is 26.2 Å². The van der Waals surface area contributed by atoms with Crippen molar-refractivity contribution >= 4 is 5.91 Å². The van der Waals surface area contributed by atoms with Gasteiger partial charge >= 0.3 is 0 Å². The van der Waals surface area contributed by atoms with Crippen molar-refractivity contribution in [3.8, 4) is 0 Å². The second-order valence-corrected chi connectivity index (χ2v) is 4.72. The minimum absolute atomic E-state index is 0.0827. The molecule has 0 spiro atoms. The molecule has 0 saturated carbocycles. The molecule has 1 rings (SSSR count). The number of carbonyl (C=O) groups is 1. The quantitative estimate of drug-likeness (QED) is 0.719. The number of carbonyl (C=O) groups excluding carboxylic acids is 1. The molecule has 0 aromatic rings. The van der Waals surface area contributed by atoms with Crippen LogP contribution >= 0.6 is 0 Å². The zero-order valence-electron chi connectivity index (χ0n) is 10.8. The van der Waals surface area contributed by atoms with Crippen LogP contribution in [-0.2, 0) is 4.79 Å². The third-order valence-electron chi connectivity index (χ3n) is 3.09. The Hall–Kier alpha value is -0.610. The SMILES string of the molecule is CCN(CCCN(C)C)C(=O)[C@@H]1CCCN1. The summed E-state index contributed by atoms with van der Waals surface area (Å²) in [5, 5.41) is 3.27. The fourth-order valence-electron chi connectivity index (χ4n) is 2.12. The van der Waals surface area contributed by atoms with E-state index in [4.69, 9.17) is 0 Å². The molecule has 1 heterocycles. The van der Waals surface area contributed by atoms with E-state index in [1.54, 1.807) is 0 Å². The Morgan fingerprint density at radius 1 is 1.38 bits per heavy atom. The van der Waals surface area contributed by atoms with Gasteiger partial charge in [-0.25, -0.2) is 0 Å². The average molecular weight is 227 g/mol. The number of likely N-dealkylation sites (N-methyl/N-ethyl adjacent to an activating group) is 1. The van der Waals surface area contributed by atoms with Crippen molar-refractivity contribution in [2.24, 2.45) is 0 Å². The van der Waals surface area contributed by atoms with Crippen LogP contribution in [0.3, 0.4) is 0 Å². The van der Waals surface area contributed by atoms with Gasteiger partial charge in [0.2, 0.25) is 5.91 Å². The van der Waals surface area contributed by atoms with Crippen molar-refractivity contribution < 1.29 is 4.79 Å². The van der Waals surface area contributed by atoms with Crippen LogP contribution < -0.4 is 5.32 Å². The molecule has 1 fully saturated rings. The van der Waals surface area contributed by atoms with E-state index < -0.39 is 0 Å². The Morgan fingerprint density at radius 2 is 2.12 bits per heavy atom. The number of hydrogen-bond donors (Lipinski definition) is 1. The van der Waals surface area contributed by atoms with Crippen LogP contribution in [0, 0.1) is 0 Å². The van der Waals surface area contributed by atoms with Crippen LogP contribution in [0.5, 0.6) is 0 Å². The lowest BCUT2D eigenvalue weighted by molar-refractivity contribution is -0.133. The predicted octanol–water partition coefficient (Wildman–Crippen LogP) is 0.539. The highest BCUT2D eigenvalue weighted by molar-refractivity contribution is 5.82. The van der Waals surface area contributed by atoms with Gasteiger partial charge in [-0.1, -0.05) is 0 Å². The normalized spacial score (nSPS) is 20.4. The maximum Gasteiger partial charge on any atom is 0.239 e. The first-order chi connectivity index (χ1) is 7.65. The van der Waals surface area contributed by atoms with E-state index in [1.807, 2.05) is 4.90 Å². The molecule has 1 saturated heterocycles. The van der Waals surface area contributed by atoms with Crippen molar-refractivity contribution in [3.05, 3.63) is 0 Å². The average Bonchev–Trinajstić information content (AvgIpc) is 2.76. The highest BCUT2D eigenvalue weighted by Crippen LogP contribution is 2.08. The van der Waals surface area contributed by atoms with E-state index in [0.29, 0.717) is 5.91 Å². The van der Waals surface area contributed by atoms with Gasteiger partial charge in [0.15, 0.2) is 0 Å².